The molecule has 0 bridgehead atoms. The first-order chi connectivity index (χ1) is 15.8. The van der Waals surface area contributed by atoms with E-state index in [-0.39, 0.29) is 23.4 Å². The third kappa shape index (κ3) is 4.54. The van der Waals surface area contributed by atoms with Gasteiger partial charge in [0.2, 0.25) is 5.91 Å². The van der Waals surface area contributed by atoms with Crippen LogP contribution in [0.1, 0.15) is 68.7 Å². The lowest BCUT2D eigenvalue weighted by Gasteiger charge is -2.39. The molecule has 1 aromatic heterocycles. The number of aromatic nitrogens is 2. The largest absolute Gasteiger partial charge is 0.353 e. The summed E-state index contributed by atoms with van der Waals surface area (Å²) in [4.78, 5) is 27.5. The molecule has 1 amide bonds. The quantitative estimate of drug-likeness (QED) is 0.664. The number of benzene rings is 1. The number of aryl methyl sites for hydroxylation is 1. The fourth-order valence-electron chi connectivity index (χ4n) is 5.87. The maximum Gasteiger partial charge on any atom is 0.231 e. The Labute approximate surface area is 205 Å². The number of nitrogens with one attached hydrogen (secondary N) is 1. The summed E-state index contributed by atoms with van der Waals surface area (Å²) < 4.78 is 1.02. The van der Waals surface area contributed by atoms with Gasteiger partial charge < -0.3 is 15.1 Å². The standard InChI is InChI=1S/C26H34BrN5O/c1-17-7-8-20-22(17)24(29-16-28-20)31-11-13-32(14-12-31)25(33)23(18-5-4-6-19(27)15-18)21-9-10-26(2,3)30-21/h4-6,15-17,21,23,30H,7-14H2,1-3H3/t17-,21+,23+/m1/s1. The molecule has 1 aromatic carbocycles. The Balaban J connectivity index is 1.34. The Kier molecular flexibility index (Phi) is 6.21. The summed E-state index contributed by atoms with van der Waals surface area (Å²) in [5, 5.41) is 3.75. The van der Waals surface area contributed by atoms with E-state index in [4.69, 9.17) is 0 Å². The van der Waals surface area contributed by atoms with E-state index in [2.05, 4.69) is 73.9 Å². The summed E-state index contributed by atoms with van der Waals surface area (Å²) in [6.45, 7) is 9.83. The summed E-state index contributed by atoms with van der Waals surface area (Å²) in [5.74, 6) is 1.66. The highest BCUT2D eigenvalue weighted by Gasteiger charge is 2.41. The second kappa shape index (κ2) is 8.99. The highest BCUT2D eigenvalue weighted by atomic mass is 79.9. The van der Waals surface area contributed by atoms with Crippen LogP contribution in [0.3, 0.4) is 0 Å². The van der Waals surface area contributed by atoms with Crippen molar-refractivity contribution in [2.24, 2.45) is 0 Å². The fraction of sp³-hybridized carbons (Fsp3) is 0.577. The number of amides is 1. The van der Waals surface area contributed by atoms with Gasteiger partial charge in [-0.25, -0.2) is 9.97 Å². The van der Waals surface area contributed by atoms with Crippen LogP contribution in [-0.2, 0) is 11.2 Å². The van der Waals surface area contributed by atoms with E-state index in [0.717, 1.165) is 67.7 Å². The van der Waals surface area contributed by atoms with E-state index in [1.807, 2.05) is 12.1 Å². The molecule has 1 aliphatic carbocycles. The van der Waals surface area contributed by atoms with Crippen LogP contribution >= 0.6 is 15.9 Å². The number of piperazine rings is 1. The minimum atomic E-state index is -0.167. The van der Waals surface area contributed by atoms with Gasteiger partial charge in [0.05, 0.1) is 5.92 Å². The van der Waals surface area contributed by atoms with Gasteiger partial charge >= 0.3 is 0 Å². The maximum absolute atomic E-state index is 13.9. The van der Waals surface area contributed by atoms with Crippen molar-refractivity contribution < 1.29 is 4.79 Å². The number of carbonyl (C=O) groups excluding carboxylic acids is 1. The number of fused-ring (bicyclic) bond motifs is 1. The predicted molar refractivity (Wildman–Crippen MR) is 135 cm³/mol. The van der Waals surface area contributed by atoms with E-state index in [9.17, 15) is 4.79 Å². The van der Waals surface area contributed by atoms with Crippen LogP contribution in [0.2, 0.25) is 0 Å². The van der Waals surface area contributed by atoms with E-state index < -0.39 is 0 Å². The SMILES string of the molecule is C[C@@H]1CCc2ncnc(N3CCN(C(=O)[C@@H](c4cccc(Br)c4)[C@@H]4CCC(C)(C)N4)CC3)c21. The van der Waals surface area contributed by atoms with Crippen LogP contribution < -0.4 is 10.2 Å². The first kappa shape index (κ1) is 22.8. The van der Waals surface area contributed by atoms with E-state index in [0.29, 0.717) is 5.92 Å². The molecular formula is C26H34BrN5O. The zero-order chi connectivity index (χ0) is 23.2. The molecule has 0 radical (unpaired) electrons. The first-order valence-electron chi connectivity index (χ1n) is 12.2. The van der Waals surface area contributed by atoms with Crippen molar-refractivity contribution >= 4 is 27.7 Å². The van der Waals surface area contributed by atoms with E-state index in [1.165, 1.54) is 11.3 Å². The molecule has 33 heavy (non-hydrogen) atoms. The van der Waals surface area contributed by atoms with Gasteiger partial charge in [-0.1, -0.05) is 35.0 Å². The van der Waals surface area contributed by atoms with Gasteiger partial charge in [0, 0.05) is 53.5 Å². The molecule has 3 aliphatic rings. The van der Waals surface area contributed by atoms with Crippen LogP contribution in [0.5, 0.6) is 0 Å². The van der Waals surface area contributed by atoms with Crippen LogP contribution in [0.25, 0.3) is 0 Å². The normalized spacial score (nSPS) is 25.2. The number of rotatable bonds is 4. The van der Waals surface area contributed by atoms with E-state index >= 15 is 0 Å². The molecule has 1 N–H and O–H groups in total. The Hall–Kier alpha value is -1.99. The number of anilines is 1. The molecule has 2 saturated heterocycles. The molecule has 176 valence electrons. The third-order valence-electron chi connectivity index (χ3n) is 7.68. The van der Waals surface area contributed by atoms with Crippen LogP contribution in [0, 0.1) is 0 Å². The molecule has 0 saturated carbocycles. The summed E-state index contributed by atoms with van der Waals surface area (Å²) in [5.41, 5.74) is 3.68. The molecule has 2 aliphatic heterocycles. The Morgan fingerprint density at radius 1 is 1.18 bits per heavy atom. The van der Waals surface area contributed by atoms with Gasteiger partial charge in [-0.05, 0) is 63.1 Å². The smallest absolute Gasteiger partial charge is 0.231 e. The van der Waals surface area contributed by atoms with E-state index in [1.54, 1.807) is 6.33 Å². The molecule has 0 unspecified atom stereocenters. The zero-order valence-corrected chi connectivity index (χ0v) is 21.4. The van der Waals surface area contributed by atoms with Gasteiger partial charge in [0.25, 0.3) is 0 Å². The zero-order valence-electron chi connectivity index (χ0n) is 19.9. The van der Waals surface area contributed by atoms with Gasteiger partial charge in [-0.3, -0.25) is 4.79 Å². The van der Waals surface area contributed by atoms with Crippen molar-refractivity contribution in [1.29, 1.82) is 0 Å². The topological polar surface area (TPSA) is 61.4 Å². The molecular weight excluding hydrogens is 478 g/mol. The number of hydrogen-bond donors (Lipinski definition) is 1. The van der Waals surface area contributed by atoms with Crippen LogP contribution in [0.4, 0.5) is 5.82 Å². The summed E-state index contributed by atoms with van der Waals surface area (Å²) in [6, 6.07) is 8.43. The van der Waals surface area contributed by atoms with Crippen molar-refractivity contribution in [3.63, 3.8) is 0 Å². The van der Waals surface area contributed by atoms with Gasteiger partial charge in [0.15, 0.2) is 0 Å². The highest BCUT2D eigenvalue weighted by Crippen LogP contribution is 2.38. The molecule has 2 aromatic rings. The lowest BCUT2D eigenvalue weighted by atomic mass is 9.89. The van der Waals surface area contributed by atoms with Crippen molar-refractivity contribution in [1.82, 2.24) is 20.2 Å². The third-order valence-corrected chi connectivity index (χ3v) is 8.17. The summed E-state index contributed by atoms with van der Waals surface area (Å²) in [6.07, 6.45) is 6.00. The second-order valence-corrected chi connectivity index (χ2v) is 11.4. The van der Waals surface area contributed by atoms with Gasteiger partial charge in [0.1, 0.15) is 12.1 Å². The van der Waals surface area contributed by atoms with Gasteiger partial charge in [-0.15, -0.1) is 0 Å². The molecule has 0 spiro atoms. The second-order valence-electron chi connectivity index (χ2n) is 10.5. The number of carbonyl (C=O) groups is 1. The molecule has 2 fully saturated rings. The average Bonchev–Trinajstić information content (AvgIpc) is 3.36. The Morgan fingerprint density at radius 3 is 2.67 bits per heavy atom. The highest BCUT2D eigenvalue weighted by molar-refractivity contribution is 9.10. The molecule has 3 atom stereocenters. The molecule has 6 nitrogen and oxygen atoms in total. The maximum atomic E-state index is 13.9. The Morgan fingerprint density at radius 2 is 1.97 bits per heavy atom. The summed E-state index contributed by atoms with van der Waals surface area (Å²) in [7, 11) is 0. The Bertz CT molecular complexity index is 1030. The molecule has 7 heteroatoms. The number of halogens is 1. The summed E-state index contributed by atoms with van der Waals surface area (Å²) >= 11 is 3.61. The monoisotopic (exact) mass is 511 g/mol. The van der Waals surface area contributed by atoms with Crippen molar-refractivity contribution in [3.05, 3.63) is 51.9 Å². The minimum Gasteiger partial charge on any atom is -0.353 e. The molecule has 5 rings (SSSR count). The predicted octanol–water partition coefficient (Wildman–Crippen LogP) is 4.25. The first-order valence-corrected chi connectivity index (χ1v) is 13.0. The lowest BCUT2D eigenvalue weighted by molar-refractivity contribution is -0.133. The van der Waals surface area contributed by atoms with Crippen molar-refractivity contribution in [2.45, 2.75) is 69.9 Å². The van der Waals surface area contributed by atoms with Gasteiger partial charge in [-0.2, -0.15) is 0 Å². The lowest BCUT2D eigenvalue weighted by Crippen LogP contribution is -2.53. The number of nitrogens with zero attached hydrogens (tertiary/aromatic N) is 4. The average molecular weight is 512 g/mol. The number of hydrogen-bond acceptors (Lipinski definition) is 5. The van der Waals surface area contributed by atoms with Crippen LogP contribution in [-0.4, -0.2) is 58.5 Å². The van der Waals surface area contributed by atoms with Crippen molar-refractivity contribution in [2.75, 3.05) is 31.1 Å². The molecule has 3 heterocycles. The fourth-order valence-corrected chi connectivity index (χ4v) is 6.29. The van der Waals surface area contributed by atoms with Crippen LogP contribution in [0.15, 0.2) is 35.1 Å². The van der Waals surface area contributed by atoms with Crippen molar-refractivity contribution in [3.8, 4) is 0 Å². The minimum absolute atomic E-state index is 0.0675.